The molecule has 0 aromatic carbocycles. The fourth-order valence-corrected chi connectivity index (χ4v) is 10.6. The van der Waals surface area contributed by atoms with Crippen LogP contribution in [0.5, 0.6) is 0 Å². The van der Waals surface area contributed by atoms with Crippen LogP contribution in [0.4, 0.5) is 28.3 Å². The summed E-state index contributed by atoms with van der Waals surface area (Å²) in [6.45, 7) is 6.13. The highest BCUT2D eigenvalue weighted by Gasteiger charge is 2.45. The van der Waals surface area contributed by atoms with E-state index in [1.807, 2.05) is 23.6 Å². The van der Waals surface area contributed by atoms with Crippen LogP contribution in [0.15, 0.2) is 12.7 Å². The fourth-order valence-electron chi connectivity index (χ4n) is 10.6. The number of carbonyl (C=O) groups excluding carboxylic acids is 3. The molecule has 0 bridgehead atoms. The van der Waals surface area contributed by atoms with Crippen LogP contribution < -0.4 is 31.9 Å². The predicted molar refractivity (Wildman–Crippen MR) is 273 cm³/mol. The van der Waals surface area contributed by atoms with Gasteiger partial charge in [0.15, 0.2) is 45.6 Å². The predicted octanol–water partition coefficient (Wildman–Crippen LogP) is -3.85. The third kappa shape index (κ3) is 11.5. The lowest BCUT2D eigenvalue weighted by atomic mass is 10.0. The lowest BCUT2D eigenvalue weighted by molar-refractivity contribution is -0.126. The maximum atomic E-state index is 14.1. The molecule has 8 heterocycles. The second kappa shape index (κ2) is 23.6. The number of anilines is 4. The van der Waals surface area contributed by atoms with Crippen LogP contribution in [-0.4, -0.2) is 239 Å². The molecule has 0 spiro atoms. The van der Waals surface area contributed by atoms with E-state index in [1.54, 1.807) is 9.13 Å². The van der Waals surface area contributed by atoms with E-state index in [0.717, 1.165) is 0 Å². The molecule has 4 fully saturated rings. The molecule has 0 radical (unpaired) electrons. The molecule has 2 saturated heterocycles. The highest BCUT2D eigenvalue weighted by molar-refractivity contribution is 5.86. The van der Waals surface area contributed by atoms with Crippen molar-refractivity contribution in [1.82, 2.24) is 99.9 Å². The van der Waals surface area contributed by atoms with Crippen molar-refractivity contribution in [3.05, 3.63) is 24.3 Å². The van der Waals surface area contributed by atoms with Gasteiger partial charge in [-0.25, -0.2) is 14.8 Å². The van der Waals surface area contributed by atoms with Crippen LogP contribution in [0.25, 0.3) is 22.3 Å². The highest BCUT2D eigenvalue weighted by atomic mass is 16.3. The number of aryl methyl sites for hydroxylation is 2. The van der Waals surface area contributed by atoms with Gasteiger partial charge < -0.3 is 81.5 Å². The summed E-state index contributed by atoms with van der Waals surface area (Å²) in [6.07, 6.45) is 1.47. The molecule has 4 aliphatic rings. The molecule has 2 aliphatic carbocycles. The zero-order chi connectivity index (χ0) is 54.6. The Kier molecular flexibility index (Phi) is 16.3. The summed E-state index contributed by atoms with van der Waals surface area (Å²) in [6, 6.07) is -3.32. The Balaban J connectivity index is 0.783. The number of fused-ring (bicyclic) bond motifs is 2. The first-order chi connectivity index (χ1) is 37.8. The Morgan fingerprint density at radius 2 is 1.00 bits per heavy atom. The number of hydrogen-bond donors (Lipinski definition) is 12. The van der Waals surface area contributed by atoms with Crippen molar-refractivity contribution in [3.63, 3.8) is 0 Å². The highest BCUT2D eigenvalue weighted by Crippen LogP contribution is 2.37. The van der Waals surface area contributed by atoms with E-state index in [9.17, 15) is 45.0 Å². The summed E-state index contributed by atoms with van der Waals surface area (Å²) in [4.78, 5) is 73.3. The van der Waals surface area contributed by atoms with Crippen LogP contribution in [-0.2, 0) is 35.5 Å². The molecule has 33 heteroatoms. The molecule has 4 amide bonds. The Morgan fingerprint density at radius 1 is 0.590 bits per heavy atom. The van der Waals surface area contributed by atoms with Crippen molar-refractivity contribution in [1.29, 1.82) is 0 Å². The van der Waals surface area contributed by atoms with Gasteiger partial charge in [0, 0.05) is 64.2 Å². The number of imidazole rings is 2. The Bertz CT molecular complexity index is 2840. The van der Waals surface area contributed by atoms with Crippen LogP contribution in [0.2, 0.25) is 0 Å². The van der Waals surface area contributed by atoms with Gasteiger partial charge in [0.25, 0.3) is 0 Å². The number of urea groups is 1. The molecule has 420 valence electrons. The van der Waals surface area contributed by atoms with Gasteiger partial charge in [0.1, 0.15) is 37.6 Å². The van der Waals surface area contributed by atoms with Crippen molar-refractivity contribution in [2.24, 2.45) is 0 Å². The number of tetrazole rings is 2. The second-order valence-corrected chi connectivity index (χ2v) is 19.9. The van der Waals surface area contributed by atoms with Crippen LogP contribution >= 0.6 is 0 Å². The van der Waals surface area contributed by atoms with Gasteiger partial charge in [-0.15, -0.1) is 20.4 Å². The molecule has 78 heavy (non-hydrogen) atoms. The van der Waals surface area contributed by atoms with E-state index in [0.29, 0.717) is 136 Å². The first-order valence-electron chi connectivity index (χ1n) is 26.4. The average molecular weight is 1090 g/mol. The van der Waals surface area contributed by atoms with Crippen molar-refractivity contribution in [2.75, 3.05) is 73.7 Å². The van der Waals surface area contributed by atoms with Crippen molar-refractivity contribution >= 4 is 63.7 Å². The van der Waals surface area contributed by atoms with E-state index >= 15 is 0 Å². The molecule has 2 aliphatic heterocycles. The van der Waals surface area contributed by atoms with Crippen molar-refractivity contribution in [3.8, 4) is 0 Å². The lowest BCUT2D eigenvalue weighted by Crippen LogP contribution is -2.51. The molecule has 10 rings (SSSR count). The molecule has 33 nitrogen and oxygen atoms in total. The van der Waals surface area contributed by atoms with Gasteiger partial charge in [-0.3, -0.25) is 9.59 Å². The van der Waals surface area contributed by atoms with Gasteiger partial charge in [0.2, 0.25) is 23.7 Å². The minimum Gasteiger partial charge on any atom is -0.388 e. The van der Waals surface area contributed by atoms with Crippen LogP contribution in [0, 0.1) is 0 Å². The van der Waals surface area contributed by atoms with E-state index in [4.69, 9.17) is 19.9 Å². The molecule has 6 aromatic heterocycles. The number of aliphatic hydroxyl groups is 6. The van der Waals surface area contributed by atoms with Crippen LogP contribution in [0.1, 0.15) is 76.1 Å². The molecule has 6 aromatic rings. The summed E-state index contributed by atoms with van der Waals surface area (Å²) in [5.74, 6) is 1.15. The van der Waals surface area contributed by atoms with Gasteiger partial charge >= 0.3 is 6.03 Å². The summed E-state index contributed by atoms with van der Waals surface area (Å²) in [5, 5.41) is 106. The van der Waals surface area contributed by atoms with Gasteiger partial charge in [-0.1, -0.05) is 0 Å². The topological polar surface area (TPSA) is 426 Å². The average Bonchev–Trinajstić information content (AvgIpc) is 4.46. The lowest BCUT2D eigenvalue weighted by Gasteiger charge is -2.39. The summed E-state index contributed by atoms with van der Waals surface area (Å²) in [7, 11) is 0. The van der Waals surface area contributed by atoms with E-state index < -0.39 is 73.6 Å². The normalized spacial score (nSPS) is 24.1. The summed E-state index contributed by atoms with van der Waals surface area (Å²) in [5.41, 5.74) is 1.61. The molecule has 8 atom stereocenters. The quantitative estimate of drug-likeness (QED) is 0.0348. The third-order valence-electron chi connectivity index (χ3n) is 14.9. The van der Waals surface area contributed by atoms with Crippen LogP contribution in [0.3, 0.4) is 0 Å². The van der Waals surface area contributed by atoms with Gasteiger partial charge in [0.05, 0.1) is 49.9 Å². The molecule has 12 N–H and O–H groups in total. The van der Waals surface area contributed by atoms with E-state index in [-0.39, 0.29) is 42.9 Å². The maximum absolute atomic E-state index is 14.1. The number of carbonyl (C=O) groups is 3. The maximum Gasteiger partial charge on any atom is 0.320 e. The monoisotopic (exact) mass is 1090 g/mol. The minimum atomic E-state index is -1.30. The standard InChI is InChI=1S/C45H66N24O9/c1-3-68-60-29(58-62-68)5-11-46-43-54-39(33-41(56-43)66(21-48-33)27-17-25(35(74)37(27)76)52-31(72)19-70)50-23-7-13-64(14-8-23)45(78)65-15-9-24(10-16-65)51-40-34-42(57-44(55-40)47-12-6-30-59-63-69(4-2)61-30)67(22-49-34)28-18-26(36(75)38(28)77)53-32(73)20-71/h21-28,35-38,70-71,74-77H,3-20H2,1-2H3,(H,52,72)(H,53,73)(H2,46,50,54,56)(H2,47,51,55,57)/t25-,26-,27+,28+,35+,36+,37-,38-/m0/s1. The molecule has 2 saturated carbocycles. The number of rotatable bonds is 20. The number of nitrogens with one attached hydrogen (secondary N) is 6. The number of aromatic nitrogens is 16. The fraction of sp³-hybridized carbons (Fsp3) is 0.667. The van der Waals surface area contributed by atoms with Crippen molar-refractivity contribution < 1.29 is 45.0 Å². The van der Waals surface area contributed by atoms with Gasteiger partial charge in [-0.05, 0) is 62.8 Å². The Morgan fingerprint density at radius 3 is 1.37 bits per heavy atom. The number of aliphatic hydroxyl groups excluding tert-OH is 6. The van der Waals surface area contributed by atoms with E-state index in [1.165, 1.54) is 22.2 Å². The first kappa shape index (κ1) is 53.8. The zero-order valence-electron chi connectivity index (χ0n) is 43.1. The second-order valence-electron chi connectivity index (χ2n) is 19.9. The number of piperidine rings is 2. The van der Waals surface area contributed by atoms with Crippen molar-refractivity contribution in [2.45, 2.75) is 139 Å². The largest absolute Gasteiger partial charge is 0.388 e. The van der Waals surface area contributed by atoms with Gasteiger partial charge in [-0.2, -0.15) is 29.5 Å². The summed E-state index contributed by atoms with van der Waals surface area (Å²) < 4.78 is 3.33. The number of hydrogen-bond acceptors (Lipinski definition) is 25. The zero-order valence-corrected chi connectivity index (χ0v) is 43.1. The first-order valence-corrected chi connectivity index (χ1v) is 26.4. The van der Waals surface area contributed by atoms with E-state index in [2.05, 4.69) is 72.7 Å². The summed E-state index contributed by atoms with van der Waals surface area (Å²) >= 11 is 0. The minimum absolute atomic E-state index is 0.0605. The smallest absolute Gasteiger partial charge is 0.320 e. The SMILES string of the molecule is CCn1nnc(CCNc2nc(NC3CCN(C(=O)N4CCC(Nc5nc(NCCc6nnn(CC)n6)nc6c5ncn6[C@@H]5C[C@H](NC(=O)CO)[C@@H](O)[C@H]5O)CC4)CC3)c3ncn([C@@H]4C[C@H](NC(=O)CO)[C@@H](O)[C@H]4O)c3n2)n1. The third-order valence-corrected chi connectivity index (χ3v) is 14.9. The molecule has 0 unspecified atom stereocenters. The number of likely N-dealkylation sites (tertiary alicyclic amines) is 2. The number of amides is 4. The Labute approximate surface area is 444 Å². The molecular formula is C45H66N24O9. The Hall–Kier alpha value is -7.59. The number of nitrogens with zero attached hydrogens (tertiary/aromatic N) is 18. The molecular weight excluding hydrogens is 1020 g/mol.